The van der Waals surface area contributed by atoms with Crippen molar-refractivity contribution in [2.75, 3.05) is 12.1 Å². The number of anilines is 1. The van der Waals surface area contributed by atoms with Crippen LogP contribution in [0.15, 0.2) is 42.5 Å². The van der Waals surface area contributed by atoms with Gasteiger partial charge in [-0.2, -0.15) is 5.26 Å². The molecule has 0 fully saturated rings. The van der Waals surface area contributed by atoms with E-state index in [4.69, 9.17) is 9.47 Å². The standard InChI is InChI=1S/C25H24N2O3S/c1-15-19(13-26)24(27-23(28)17-6-8-18(9-7-17)25(2,3)4)31-22(15)12-16-5-10-20-21(11-16)30-14-29-20/h5-11H,12,14H2,1-4H3,(H,27,28). The lowest BCUT2D eigenvalue weighted by atomic mass is 9.87. The van der Waals surface area contributed by atoms with E-state index in [1.54, 1.807) is 0 Å². The smallest absolute Gasteiger partial charge is 0.256 e. The number of nitrogens with zero attached hydrogens (tertiary/aromatic N) is 1. The maximum absolute atomic E-state index is 12.8. The van der Waals surface area contributed by atoms with E-state index >= 15 is 0 Å². The number of ether oxygens (including phenoxy) is 2. The van der Waals surface area contributed by atoms with Crippen LogP contribution in [0.2, 0.25) is 0 Å². The molecule has 0 spiro atoms. The second-order valence-electron chi connectivity index (χ2n) is 8.61. The van der Waals surface area contributed by atoms with E-state index in [1.165, 1.54) is 16.9 Å². The molecule has 1 aromatic heterocycles. The number of hydrogen-bond donors (Lipinski definition) is 1. The second-order valence-corrected chi connectivity index (χ2v) is 9.72. The third-order valence-corrected chi connectivity index (χ3v) is 6.61. The molecule has 0 radical (unpaired) electrons. The van der Waals surface area contributed by atoms with Gasteiger partial charge >= 0.3 is 0 Å². The summed E-state index contributed by atoms with van der Waals surface area (Å²) < 4.78 is 10.8. The highest BCUT2D eigenvalue weighted by atomic mass is 32.1. The van der Waals surface area contributed by atoms with Gasteiger partial charge in [0.1, 0.15) is 11.1 Å². The number of nitriles is 1. The first-order valence-electron chi connectivity index (χ1n) is 10.1. The van der Waals surface area contributed by atoms with Crippen molar-refractivity contribution in [3.8, 4) is 17.6 Å². The van der Waals surface area contributed by atoms with Crippen molar-refractivity contribution in [3.05, 3.63) is 75.2 Å². The van der Waals surface area contributed by atoms with Crippen LogP contribution in [-0.2, 0) is 11.8 Å². The summed E-state index contributed by atoms with van der Waals surface area (Å²) in [5, 5.41) is 13.2. The van der Waals surface area contributed by atoms with Gasteiger partial charge in [0.15, 0.2) is 11.5 Å². The Morgan fingerprint density at radius 2 is 1.84 bits per heavy atom. The van der Waals surface area contributed by atoms with Crippen molar-refractivity contribution in [1.82, 2.24) is 0 Å². The Hall–Kier alpha value is -3.30. The molecule has 0 unspecified atom stereocenters. The fourth-order valence-corrected chi connectivity index (χ4v) is 4.67. The van der Waals surface area contributed by atoms with Crippen molar-refractivity contribution in [2.45, 2.75) is 39.5 Å². The van der Waals surface area contributed by atoms with Crippen molar-refractivity contribution >= 4 is 22.2 Å². The van der Waals surface area contributed by atoms with Crippen LogP contribution in [0.1, 0.15) is 58.3 Å². The number of carbonyl (C=O) groups is 1. The largest absolute Gasteiger partial charge is 0.454 e. The molecule has 158 valence electrons. The summed E-state index contributed by atoms with van der Waals surface area (Å²) in [6, 6.07) is 15.7. The Kier molecular flexibility index (Phi) is 5.47. The molecule has 0 saturated carbocycles. The maximum atomic E-state index is 12.8. The maximum Gasteiger partial charge on any atom is 0.256 e. The lowest BCUT2D eigenvalue weighted by molar-refractivity contribution is 0.102. The predicted octanol–water partition coefficient (Wildman–Crippen LogP) is 5.80. The topological polar surface area (TPSA) is 71.3 Å². The van der Waals surface area contributed by atoms with Crippen molar-refractivity contribution in [2.24, 2.45) is 0 Å². The zero-order valence-electron chi connectivity index (χ0n) is 18.0. The van der Waals surface area contributed by atoms with Gasteiger partial charge in [0, 0.05) is 16.9 Å². The molecule has 1 N–H and O–H groups in total. The lowest BCUT2D eigenvalue weighted by Crippen LogP contribution is -2.14. The average molecular weight is 433 g/mol. The number of thiophene rings is 1. The van der Waals surface area contributed by atoms with Crippen LogP contribution >= 0.6 is 11.3 Å². The van der Waals surface area contributed by atoms with Crippen LogP contribution in [0.5, 0.6) is 11.5 Å². The second kappa shape index (κ2) is 8.09. The summed E-state index contributed by atoms with van der Waals surface area (Å²) in [6.45, 7) is 8.57. The Balaban J connectivity index is 1.55. The summed E-state index contributed by atoms with van der Waals surface area (Å²) in [5.74, 6) is 1.27. The molecule has 5 nitrogen and oxygen atoms in total. The predicted molar refractivity (Wildman–Crippen MR) is 122 cm³/mol. The molecule has 31 heavy (non-hydrogen) atoms. The summed E-state index contributed by atoms with van der Waals surface area (Å²) in [4.78, 5) is 13.8. The monoisotopic (exact) mass is 432 g/mol. The minimum Gasteiger partial charge on any atom is -0.454 e. The summed E-state index contributed by atoms with van der Waals surface area (Å²) >= 11 is 1.44. The molecule has 1 aliphatic rings. The van der Waals surface area contributed by atoms with Crippen LogP contribution < -0.4 is 14.8 Å². The number of rotatable bonds is 4. The van der Waals surface area contributed by atoms with Gasteiger partial charge in [0.25, 0.3) is 5.91 Å². The fraction of sp³-hybridized carbons (Fsp3) is 0.280. The van der Waals surface area contributed by atoms with E-state index in [-0.39, 0.29) is 18.1 Å². The van der Waals surface area contributed by atoms with Gasteiger partial charge in [-0.3, -0.25) is 4.79 Å². The van der Waals surface area contributed by atoms with E-state index in [2.05, 4.69) is 32.2 Å². The van der Waals surface area contributed by atoms with Gasteiger partial charge in [-0.1, -0.05) is 39.0 Å². The summed E-state index contributed by atoms with van der Waals surface area (Å²) in [5.41, 5.74) is 4.23. The molecule has 1 aliphatic heterocycles. The molecule has 1 amide bonds. The van der Waals surface area contributed by atoms with E-state index in [0.29, 0.717) is 22.5 Å². The number of nitrogens with one attached hydrogen (secondary N) is 1. The lowest BCUT2D eigenvalue weighted by Gasteiger charge is -2.19. The average Bonchev–Trinajstić information content (AvgIpc) is 3.31. The molecule has 2 aromatic carbocycles. The first-order chi connectivity index (χ1) is 14.8. The first-order valence-corrected chi connectivity index (χ1v) is 10.9. The molecule has 0 saturated heterocycles. The molecule has 6 heteroatoms. The number of carbonyl (C=O) groups excluding carboxylic acids is 1. The molecule has 4 rings (SSSR count). The van der Waals surface area contributed by atoms with E-state index in [1.807, 2.05) is 49.4 Å². The van der Waals surface area contributed by atoms with Crippen LogP contribution in [0.25, 0.3) is 0 Å². The minimum absolute atomic E-state index is 0.0253. The van der Waals surface area contributed by atoms with Crippen molar-refractivity contribution in [1.29, 1.82) is 5.26 Å². The Labute approximate surface area is 186 Å². The Morgan fingerprint density at radius 3 is 2.52 bits per heavy atom. The van der Waals surface area contributed by atoms with Gasteiger partial charge in [-0.05, 0) is 53.3 Å². The number of amides is 1. The highest BCUT2D eigenvalue weighted by molar-refractivity contribution is 7.16. The number of benzene rings is 2. The van der Waals surface area contributed by atoms with Crippen LogP contribution in [-0.4, -0.2) is 12.7 Å². The Morgan fingerprint density at radius 1 is 1.13 bits per heavy atom. The molecule has 0 atom stereocenters. The van der Waals surface area contributed by atoms with Gasteiger partial charge in [-0.15, -0.1) is 11.3 Å². The molecular weight excluding hydrogens is 408 g/mol. The quantitative estimate of drug-likeness (QED) is 0.566. The third kappa shape index (κ3) is 4.28. The van der Waals surface area contributed by atoms with Crippen LogP contribution in [0, 0.1) is 18.3 Å². The van der Waals surface area contributed by atoms with Gasteiger partial charge in [0.2, 0.25) is 6.79 Å². The number of fused-ring (bicyclic) bond motifs is 1. The van der Waals surface area contributed by atoms with Gasteiger partial charge in [0.05, 0.1) is 5.56 Å². The summed E-state index contributed by atoms with van der Waals surface area (Å²) in [6.07, 6.45) is 0.651. The SMILES string of the molecule is Cc1c(Cc2ccc3c(c2)OCO3)sc(NC(=O)c2ccc(C(C)(C)C)cc2)c1C#N. The minimum atomic E-state index is -0.215. The zero-order chi connectivity index (χ0) is 22.2. The molecule has 2 heterocycles. The third-order valence-electron chi connectivity index (χ3n) is 5.40. The van der Waals surface area contributed by atoms with Crippen molar-refractivity contribution < 1.29 is 14.3 Å². The van der Waals surface area contributed by atoms with Gasteiger partial charge in [-0.25, -0.2) is 0 Å². The fourth-order valence-electron chi connectivity index (χ4n) is 3.48. The van der Waals surface area contributed by atoms with Gasteiger partial charge < -0.3 is 14.8 Å². The van der Waals surface area contributed by atoms with E-state index < -0.39 is 0 Å². The molecule has 3 aromatic rings. The van der Waals surface area contributed by atoms with E-state index in [0.717, 1.165) is 27.5 Å². The highest BCUT2D eigenvalue weighted by Crippen LogP contribution is 2.37. The molecule has 0 aliphatic carbocycles. The summed E-state index contributed by atoms with van der Waals surface area (Å²) in [7, 11) is 0. The van der Waals surface area contributed by atoms with Crippen molar-refractivity contribution in [3.63, 3.8) is 0 Å². The van der Waals surface area contributed by atoms with Crippen LogP contribution in [0.4, 0.5) is 5.00 Å². The highest BCUT2D eigenvalue weighted by Gasteiger charge is 2.20. The Bertz CT molecular complexity index is 1180. The first kappa shape index (κ1) is 21.0. The normalized spacial score (nSPS) is 12.5. The zero-order valence-corrected chi connectivity index (χ0v) is 18.9. The van der Waals surface area contributed by atoms with Crippen LogP contribution in [0.3, 0.4) is 0 Å². The molecule has 0 bridgehead atoms. The number of hydrogen-bond acceptors (Lipinski definition) is 5. The van der Waals surface area contributed by atoms with E-state index in [9.17, 15) is 10.1 Å². The molecular formula is C25H24N2O3S.